The topological polar surface area (TPSA) is 48.9 Å². The van der Waals surface area contributed by atoms with Gasteiger partial charge in [0.1, 0.15) is 0 Å². The average molecular weight is 452 g/mol. The van der Waals surface area contributed by atoms with E-state index in [1.165, 1.54) is 0 Å². The van der Waals surface area contributed by atoms with Crippen LogP contribution in [0.5, 0.6) is 0 Å². The van der Waals surface area contributed by atoms with Crippen molar-refractivity contribution in [3.8, 4) is 0 Å². The molecular formula is C14H28F3IN4O. The quantitative estimate of drug-likeness (QED) is 0.369. The minimum absolute atomic E-state index is 0. The van der Waals surface area contributed by atoms with Gasteiger partial charge in [-0.15, -0.1) is 24.0 Å². The van der Waals surface area contributed by atoms with Gasteiger partial charge in [-0.1, -0.05) is 0 Å². The lowest BCUT2D eigenvalue weighted by atomic mass is 10.2. The first-order valence-corrected chi connectivity index (χ1v) is 7.76. The number of nitrogens with one attached hydrogen (secondary N) is 2. The molecule has 0 saturated carbocycles. The zero-order chi connectivity index (χ0) is 16.6. The van der Waals surface area contributed by atoms with Gasteiger partial charge in [0.15, 0.2) is 5.96 Å². The maximum atomic E-state index is 12.2. The van der Waals surface area contributed by atoms with E-state index < -0.39 is 12.6 Å². The Balaban J connectivity index is 0.00000484. The van der Waals surface area contributed by atoms with E-state index in [1.54, 1.807) is 0 Å². The maximum Gasteiger partial charge on any atom is 0.390 e. The monoisotopic (exact) mass is 452 g/mol. The van der Waals surface area contributed by atoms with Gasteiger partial charge in [0, 0.05) is 31.7 Å². The van der Waals surface area contributed by atoms with Crippen LogP contribution in [0.3, 0.4) is 0 Å². The van der Waals surface area contributed by atoms with Crippen LogP contribution in [-0.2, 0) is 4.74 Å². The van der Waals surface area contributed by atoms with Gasteiger partial charge in [0.05, 0.1) is 26.2 Å². The summed E-state index contributed by atoms with van der Waals surface area (Å²) >= 11 is 0. The number of halogens is 4. The number of guanidine groups is 1. The van der Waals surface area contributed by atoms with Crippen molar-refractivity contribution < 1.29 is 17.9 Å². The fraction of sp³-hybridized carbons (Fsp3) is 0.929. The molecule has 138 valence electrons. The fourth-order valence-corrected chi connectivity index (χ4v) is 2.39. The molecule has 1 heterocycles. The van der Waals surface area contributed by atoms with Crippen molar-refractivity contribution in [2.24, 2.45) is 4.99 Å². The molecule has 2 N–H and O–H groups in total. The molecule has 2 unspecified atom stereocenters. The Morgan fingerprint density at radius 2 is 2.09 bits per heavy atom. The van der Waals surface area contributed by atoms with E-state index in [4.69, 9.17) is 4.74 Å². The first kappa shape index (κ1) is 22.7. The van der Waals surface area contributed by atoms with Crippen LogP contribution in [-0.4, -0.2) is 68.5 Å². The standard InChI is InChI=1S/C14H27F3N4O.HI/c1-4-18-13(19-6-5-14(15,16)17)20-9-11(2)21-7-8-22-10-12(21)3;/h11-12H,4-10H2,1-3H3,(H2,18,19,20);1H. The Labute approximate surface area is 153 Å². The van der Waals surface area contributed by atoms with Crippen LogP contribution in [0.15, 0.2) is 4.99 Å². The number of hydrogen-bond donors (Lipinski definition) is 2. The molecule has 1 aliphatic rings. The molecule has 0 aromatic carbocycles. The molecule has 0 radical (unpaired) electrons. The van der Waals surface area contributed by atoms with Gasteiger partial charge in [-0.3, -0.25) is 9.89 Å². The van der Waals surface area contributed by atoms with Crippen LogP contribution in [0.25, 0.3) is 0 Å². The Hall–Kier alpha value is -0.290. The normalized spacial score (nSPS) is 21.5. The molecule has 1 rings (SSSR count). The van der Waals surface area contributed by atoms with Crippen LogP contribution >= 0.6 is 24.0 Å². The number of ether oxygens (including phenoxy) is 1. The highest BCUT2D eigenvalue weighted by Crippen LogP contribution is 2.18. The van der Waals surface area contributed by atoms with Crippen LogP contribution in [0.4, 0.5) is 13.2 Å². The summed E-state index contributed by atoms with van der Waals surface area (Å²) in [5.74, 6) is 0.430. The van der Waals surface area contributed by atoms with E-state index >= 15 is 0 Å². The number of aliphatic imine (C=N–C) groups is 1. The summed E-state index contributed by atoms with van der Waals surface area (Å²) < 4.78 is 41.9. The minimum Gasteiger partial charge on any atom is -0.379 e. The lowest BCUT2D eigenvalue weighted by Crippen LogP contribution is -2.49. The molecule has 0 aromatic rings. The summed E-state index contributed by atoms with van der Waals surface area (Å²) in [7, 11) is 0. The molecule has 23 heavy (non-hydrogen) atoms. The third-order valence-corrected chi connectivity index (χ3v) is 3.54. The fourth-order valence-electron chi connectivity index (χ4n) is 2.39. The highest BCUT2D eigenvalue weighted by molar-refractivity contribution is 14.0. The predicted octanol–water partition coefficient (Wildman–Crippen LogP) is 2.22. The van der Waals surface area contributed by atoms with E-state index in [0.717, 1.165) is 6.54 Å². The molecule has 0 aliphatic carbocycles. The molecule has 0 spiro atoms. The predicted molar refractivity (Wildman–Crippen MR) is 96.5 cm³/mol. The third kappa shape index (κ3) is 9.55. The van der Waals surface area contributed by atoms with Crippen LogP contribution in [0.2, 0.25) is 0 Å². The average Bonchev–Trinajstić information content (AvgIpc) is 2.43. The highest BCUT2D eigenvalue weighted by atomic mass is 127. The van der Waals surface area contributed by atoms with Gasteiger partial charge in [0.2, 0.25) is 0 Å². The van der Waals surface area contributed by atoms with Crippen molar-refractivity contribution in [3.63, 3.8) is 0 Å². The molecule has 0 amide bonds. The van der Waals surface area contributed by atoms with Crippen molar-refractivity contribution in [2.75, 3.05) is 39.4 Å². The van der Waals surface area contributed by atoms with Crippen molar-refractivity contribution in [3.05, 3.63) is 0 Å². The maximum absolute atomic E-state index is 12.2. The van der Waals surface area contributed by atoms with Gasteiger partial charge in [0.25, 0.3) is 0 Å². The number of alkyl halides is 3. The van der Waals surface area contributed by atoms with E-state index in [2.05, 4.69) is 34.4 Å². The number of morpholine rings is 1. The molecule has 0 aromatic heterocycles. The third-order valence-electron chi connectivity index (χ3n) is 3.54. The van der Waals surface area contributed by atoms with Crippen LogP contribution in [0, 0.1) is 0 Å². The SMILES string of the molecule is CCNC(=NCC(C)N1CCOCC1C)NCCC(F)(F)F.I. The smallest absolute Gasteiger partial charge is 0.379 e. The Kier molecular flexibility index (Phi) is 11.2. The van der Waals surface area contributed by atoms with Crippen LogP contribution in [0.1, 0.15) is 27.2 Å². The summed E-state index contributed by atoms with van der Waals surface area (Å²) in [6.45, 7) is 9.31. The first-order valence-electron chi connectivity index (χ1n) is 7.76. The first-order chi connectivity index (χ1) is 10.3. The van der Waals surface area contributed by atoms with Crippen molar-refractivity contribution >= 4 is 29.9 Å². The zero-order valence-corrected chi connectivity index (χ0v) is 16.3. The molecule has 1 aliphatic heterocycles. The van der Waals surface area contributed by atoms with Gasteiger partial charge < -0.3 is 15.4 Å². The summed E-state index contributed by atoms with van der Waals surface area (Å²) in [4.78, 5) is 6.70. The van der Waals surface area contributed by atoms with Gasteiger partial charge in [-0.2, -0.15) is 13.2 Å². The van der Waals surface area contributed by atoms with E-state index in [-0.39, 0.29) is 36.6 Å². The molecule has 5 nitrogen and oxygen atoms in total. The molecule has 1 fully saturated rings. The second-order valence-electron chi connectivity index (χ2n) is 5.52. The Morgan fingerprint density at radius 3 is 2.65 bits per heavy atom. The Bertz CT molecular complexity index is 355. The van der Waals surface area contributed by atoms with Crippen molar-refractivity contribution in [1.29, 1.82) is 0 Å². The molecular weight excluding hydrogens is 424 g/mol. The highest BCUT2D eigenvalue weighted by Gasteiger charge is 2.26. The lowest BCUT2D eigenvalue weighted by molar-refractivity contribution is -0.132. The summed E-state index contributed by atoms with van der Waals surface area (Å²) in [5.41, 5.74) is 0. The van der Waals surface area contributed by atoms with E-state index in [1.807, 2.05) is 6.92 Å². The molecule has 2 atom stereocenters. The van der Waals surface area contributed by atoms with Gasteiger partial charge in [-0.05, 0) is 20.8 Å². The summed E-state index contributed by atoms with van der Waals surface area (Å²) in [6.07, 6.45) is -5.02. The van der Waals surface area contributed by atoms with Gasteiger partial charge in [-0.25, -0.2) is 0 Å². The lowest BCUT2D eigenvalue weighted by Gasteiger charge is -2.37. The number of rotatable bonds is 6. The van der Waals surface area contributed by atoms with E-state index in [0.29, 0.717) is 38.3 Å². The molecule has 1 saturated heterocycles. The second-order valence-corrected chi connectivity index (χ2v) is 5.52. The summed E-state index contributed by atoms with van der Waals surface area (Å²) in [6, 6.07) is 0.552. The summed E-state index contributed by atoms with van der Waals surface area (Å²) in [5, 5.41) is 5.69. The Morgan fingerprint density at radius 1 is 1.39 bits per heavy atom. The van der Waals surface area contributed by atoms with Crippen molar-refractivity contribution in [2.45, 2.75) is 45.5 Å². The molecule has 0 bridgehead atoms. The van der Waals surface area contributed by atoms with E-state index in [9.17, 15) is 13.2 Å². The second kappa shape index (κ2) is 11.3. The van der Waals surface area contributed by atoms with Gasteiger partial charge >= 0.3 is 6.18 Å². The number of nitrogens with zero attached hydrogens (tertiary/aromatic N) is 2. The number of hydrogen-bond acceptors (Lipinski definition) is 3. The largest absolute Gasteiger partial charge is 0.390 e. The van der Waals surface area contributed by atoms with Crippen molar-refractivity contribution in [1.82, 2.24) is 15.5 Å². The minimum atomic E-state index is -4.15. The van der Waals surface area contributed by atoms with Crippen LogP contribution < -0.4 is 10.6 Å². The zero-order valence-electron chi connectivity index (χ0n) is 13.9. The molecule has 9 heteroatoms.